The summed E-state index contributed by atoms with van der Waals surface area (Å²) in [6.45, 7) is 4.99. The minimum Gasteiger partial charge on any atom is -0.271 e. The highest BCUT2D eigenvalue weighted by Gasteiger charge is 2.27. The molecule has 1 N–H and O–H groups in total. The first-order chi connectivity index (χ1) is 15.2. The maximum Gasteiger partial charge on any atom is 0.264 e. The van der Waals surface area contributed by atoms with E-state index in [1.807, 2.05) is 44.2 Å². The number of carbonyl (C=O) groups is 1. The topological polar surface area (TPSA) is 78.8 Å². The number of sulfonamides is 1. The van der Waals surface area contributed by atoms with Gasteiger partial charge < -0.3 is 0 Å². The minimum absolute atomic E-state index is 0.0802. The third-order valence-electron chi connectivity index (χ3n) is 4.88. The van der Waals surface area contributed by atoms with Crippen molar-refractivity contribution in [1.82, 2.24) is 5.43 Å². The Morgan fingerprint density at radius 2 is 1.66 bits per heavy atom. The first-order valence-electron chi connectivity index (χ1n) is 9.92. The van der Waals surface area contributed by atoms with Crippen molar-refractivity contribution in [3.8, 4) is 0 Å². The minimum atomic E-state index is -4.02. The van der Waals surface area contributed by atoms with Gasteiger partial charge in [-0.05, 0) is 56.2 Å². The fourth-order valence-corrected chi connectivity index (χ4v) is 4.53. The molecule has 0 aliphatic carbocycles. The first-order valence-corrected chi connectivity index (χ1v) is 11.7. The predicted molar refractivity (Wildman–Crippen MR) is 129 cm³/mol. The normalized spacial score (nSPS) is 11.8. The fourth-order valence-electron chi connectivity index (χ4n) is 2.95. The van der Waals surface area contributed by atoms with Gasteiger partial charge in [0.25, 0.3) is 15.9 Å². The molecule has 166 valence electrons. The molecule has 3 aromatic carbocycles. The van der Waals surface area contributed by atoms with Gasteiger partial charge in [0.2, 0.25) is 0 Å². The molecule has 0 saturated carbocycles. The van der Waals surface area contributed by atoms with E-state index in [9.17, 15) is 13.2 Å². The van der Waals surface area contributed by atoms with Gasteiger partial charge in [-0.25, -0.2) is 13.8 Å². The Labute approximate surface area is 193 Å². The average molecular weight is 470 g/mol. The summed E-state index contributed by atoms with van der Waals surface area (Å²) in [5.74, 6) is -0.576. The van der Waals surface area contributed by atoms with Crippen LogP contribution >= 0.6 is 11.6 Å². The molecule has 6 nitrogen and oxygen atoms in total. The van der Waals surface area contributed by atoms with Gasteiger partial charge in [0, 0.05) is 5.02 Å². The highest BCUT2D eigenvalue weighted by atomic mass is 35.5. The molecule has 8 heteroatoms. The molecule has 0 aromatic heterocycles. The highest BCUT2D eigenvalue weighted by molar-refractivity contribution is 7.92. The van der Waals surface area contributed by atoms with Crippen LogP contribution in [0, 0.1) is 13.8 Å². The standard InChI is InChI=1S/C24H24ClN3O3S/c1-17-9-13-22(14-10-17)32(30,31)28(21-12-11-18(2)23(25)15-21)16-24(29)27-26-19(3)20-7-5-4-6-8-20/h4-15H,16H2,1-3H3,(H,27,29)/b26-19-. The number of rotatable bonds is 7. The van der Waals surface area contributed by atoms with Gasteiger partial charge in [-0.2, -0.15) is 5.10 Å². The van der Waals surface area contributed by atoms with Crippen LogP contribution in [0.1, 0.15) is 23.6 Å². The molecular weight excluding hydrogens is 446 g/mol. The SMILES string of the molecule is C/C(=N/NC(=O)CN(c1ccc(C)c(Cl)c1)S(=O)(=O)c1ccc(C)cc1)c1ccccc1. The Morgan fingerprint density at radius 1 is 1.00 bits per heavy atom. The number of nitrogens with one attached hydrogen (secondary N) is 1. The van der Waals surface area contributed by atoms with Crippen LogP contribution in [0.2, 0.25) is 5.02 Å². The van der Waals surface area contributed by atoms with Crippen LogP contribution in [-0.4, -0.2) is 26.6 Å². The summed E-state index contributed by atoms with van der Waals surface area (Å²) in [4.78, 5) is 12.8. The highest BCUT2D eigenvalue weighted by Crippen LogP contribution is 2.28. The molecule has 0 heterocycles. The van der Waals surface area contributed by atoms with Gasteiger partial charge in [0.15, 0.2) is 0 Å². The van der Waals surface area contributed by atoms with E-state index in [0.29, 0.717) is 16.4 Å². The molecule has 0 fully saturated rings. The summed E-state index contributed by atoms with van der Waals surface area (Å²) >= 11 is 6.24. The number of halogens is 1. The summed E-state index contributed by atoms with van der Waals surface area (Å²) in [6, 6.07) is 20.7. The van der Waals surface area contributed by atoms with E-state index < -0.39 is 22.5 Å². The van der Waals surface area contributed by atoms with Crippen molar-refractivity contribution in [3.63, 3.8) is 0 Å². The second-order valence-electron chi connectivity index (χ2n) is 7.36. The zero-order valence-electron chi connectivity index (χ0n) is 18.0. The maximum absolute atomic E-state index is 13.4. The van der Waals surface area contributed by atoms with E-state index in [0.717, 1.165) is 21.0 Å². The van der Waals surface area contributed by atoms with Gasteiger partial charge in [0.1, 0.15) is 6.54 Å². The van der Waals surface area contributed by atoms with Crippen LogP contribution in [0.25, 0.3) is 0 Å². The van der Waals surface area contributed by atoms with Crippen molar-refractivity contribution >= 4 is 38.9 Å². The molecule has 1 amide bonds. The molecule has 3 aromatic rings. The lowest BCUT2D eigenvalue weighted by molar-refractivity contribution is -0.119. The second kappa shape index (κ2) is 9.97. The van der Waals surface area contributed by atoms with E-state index in [1.165, 1.54) is 18.2 Å². The van der Waals surface area contributed by atoms with E-state index >= 15 is 0 Å². The van der Waals surface area contributed by atoms with Crippen LogP contribution < -0.4 is 9.73 Å². The third-order valence-corrected chi connectivity index (χ3v) is 7.07. The van der Waals surface area contributed by atoms with Crippen LogP contribution in [-0.2, 0) is 14.8 Å². The van der Waals surface area contributed by atoms with Gasteiger partial charge >= 0.3 is 0 Å². The van der Waals surface area contributed by atoms with Crippen LogP contribution in [0.15, 0.2) is 82.8 Å². The Morgan fingerprint density at radius 3 is 2.28 bits per heavy atom. The Bertz CT molecular complexity index is 1240. The van der Waals surface area contributed by atoms with Crippen molar-refractivity contribution in [1.29, 1.82) is 0 Å². The molecule has 0 radical (unpaired) electrons. The monoisotopic (exact) mass is 469 g/mol. The van der Waals surface area contributed by atoms with Crippen molar-refractivity contribution in [2.45, 2.75) is 25.7 Å². The number of anilines is 1. The molecule has 0 saturated heterocycles. The van der Waals surface area contributed by atoms with E-state index in [2.05, 4.69) is 10.5 Å². The van der Waals surface area contributed by atoms with Gasteiger partial charge in [0.05, 0.1) is 16.3 Å². The van der Waals surface area contributed by atoms with Crippen molar-refractivity contribution in [2.24, 2.45) is 5.10 Å². The van der Waals surface area contributed by atoms with Gasteiger partial charge in [-0.15, -0.1) is 0 Å². The van der Waals surface area contributed by atoms with E-state index in [4.69, 9.17) is 11.6 Å². The van der Waals surface area contributed by atoms with E-state index in [-0.39, 0.29) is 4.90 Å². The number of benzene rings is 3. The number of hydrogen-bond acceptors (Lipinski definition) is 4. The molecule has 0 aliphatic rings. The Kier molecular flexibility index (Phi) is 7.33. The van der Waals surface area contributed by atoms with Gasteiger partial charge in [-0.1, -0.05) is 65.7 Å². The zero-order valence-corrected chi connectivity index (χ0v) is 19.6. The Hall–Kier alpha value is -3.16. The Balaban J connectivity index is 1.91. The number of amides is 1. The lowest BCUT2D eigenvalue weighted by atomic mass is 10.1. The third kappa shape index (κ3) is 5.55. The number of hydrazone groups is 1. The lowest BCUT2D eigenvalue weighted by Crippen LogP contribution is -2.39. The first kappa shape index (κ1) is 23.5. The van der Waals surface area contributed by atoms with Gasteiger partial charge in [-0.3, -0.25) is 9.10 Å². The molecular formula is C24H24ClN3O3S. The number of aryl methyl sites for hydroxylation is 2. The quantitative estimate of drug-likeness (QED) is 0.402. The molecule has 0 atom stereocenters. The largest absolute Gasteiger partial charge is 0.271 e. The number of carbonyl (C=O) groups excluding carboxylic acids is 1. The second-order valence-corrected chi connectivity index (χ2v) is 9.63. The molecule has 0 bridgehead atoms. The smallest absolute Gasteiger partial charge is 0.264 e. The maximum atomic E-state index is 13.4. The zero-order chi connectivity index (χ0) is 23.3. The fraction of sp³-hybridized carbons (Fsp3) is 0.167. The number of hydrogen-bond donors (Lipinski definition) is 1. The predicted octanol–water partition coefficient (Wildman–Crippen LogP) is 4.69. The van der Waals surface area contributed by atoms with Crippen molar-refractivity contribution in [2.75, 3.05) is 10.8 Å². The molecule has 0 aliphatic heterocycles. The number of nitrogens with zero attached hydrogens (tertiary/aromatic N) is 2. The van der Waals surface area contributed by atoms with Crippen LogP contribution in [0.3, 0.4) is 0 Å². The average Bonchev–Trinajstić information content (AvgIpc) is 2.78. The molecule has 0 unspecified atom stereocenters. The molecule has 3 rings (SSSR count). The van der Waals surface area contributed by atoms with Crippen LogP contribution in [0.5, 0.6) is 0 Å². The van der Waals surface area contributed by atoms with Crippen molar-refractivity contribution < 1.29 is 13.2 Å². The lowest BCUT2D eigenvalue weighted by Gasteiger charge is -2.24. The summed E-state index contributed by atoms with van der Waals surface area (Å²) in [5.41, 5.74) is 5.92. The summed E-state index contributed by atoms with van der Waals surface area (Å²) in [6.07, 6.45) is 0. The summed E-state index contributed by atoms with van der Waals surface area (Å²) < 4.78 is 27.8. The van der Waals surface area contributed by atoms with E-state index in [1.54, 1.807) is 31.2 Å². The molecule has 32 heavy (non-hydrogen) atoms. The van der Waals surface area contributed by atoms with Crippen molar-refractivity contribution in [3.05, 3.63) is 94.5 Å². The summed E-state index contributed by atoms with van der Waals surface area (Å²) in [7, 11) is -4.02. The van der Waals surface area contributed by atoms with Crippen LogP contribution in [0.4, 0.5) is 5.69 Å². The molecule has 0 spiro atoms. The summed E-state index contributed by atoms with van der Waals surface area (Å²) in [5, 5.41) is 4.52.